The van der Waals surface area contributed by atoms with E-state index in [-0.39, 0.29) is 17.9 Å². The molecule has 1 aromatic carbocycles. The molecule has 140 valence electrons. The number of aryl methyl sites for hydroxylation is 1. The van der Waals surface area contributed by atoms with Gasteiger partial charge < -0.3 is 15.1 Å². The van der Waals surface area contributed by atoms with Crippen LogP contribution in [0.5, 0.6) is 0 Å². The first-order valence-corrected chi connectivity index (χ1v) is 9.48. The molecule has 1 aromatic heterocycles. The Balaban J connectivity index is 1.39. The Bertz CT molecular complexity index is 855. The van der Waals surface area contributed by atoms with Gasteiger partial charge in [0.05, 0.1) is 0 Å². The molecule has 2 fully saturated rings. The van der Waals surface area contributed by atoms with Gasteiger partial charge in [-0.05, 0) is 49.6 Å². The summed E-state index contributed by atoms with van der Waals surface area (Å²) >= 11 is 0. The van der Waals surface area contributed by atoms with E-state index in [1.807, 2.05) is 4.90 Å². The molecule has 0 unspecified atom stereocenters. The second-order valence-electron chi connectivity index (χ2n) is 7.30. The van der Waals surface area contributed by atoms with E-state index in [2.05, 4.69) is 46.4 Å². The largest absolute Gasteiger partial charge is 0.368 e. The number of hydrogen-bond acceptors (Lipinski definition) is 4. The maximum absolute atomic E-state index is 12.9. The topological polar surface area (TPSA) is 65.5 Å². The number of pyridine rings is 1. The summed E-state index contributed by atoms with van der Waals surface area (Å²) in [6, 6.07) is 12.0. The number of rotatable bonds is 4. The van der Waals surface area contributed by atoms with Gasteiger partial charge >= 0.3 is 0 Å². The Morgan fingerprint density at radius 2 is 1.85 bits per heavy atom. The van der Waals surface area contributed by atoms with E-state index in [0.29, 0.717) is 24.3 Å². The van der Waals surface area contributed by atoms with Gasteiger partial charge in [0.1, 0.15) is 5.69 Å². The lowest BCUT2D eigenvalue weighted by Gasteiger charge is -2.36. The number of carbonyl (C=O) groups excluding carboxylic acids is 2. The second kappa shape index (κ2) is 7.39. The first-order valence-electron chi connectivity index (χ1n) is 9.48. The smallest absolute Gasteiger partial charge is 0.270 e. The second-order valence-corrected chi connectivity index (χ2v) is 7.30. The number of benzene rings is 1. The van der Waals surface area contributed by atoms with Crippen LogP contribution in [0, 0.1) is 6.92 Å². The molecule has 1 aliphatic carbocycles. The van der Waals surface area contributed by atoms with E-state index in [9.17, 15) is 9.59 Å². The number of nitrogens with zero attached hydrogens (tertiary/aromatic N) is 3. The van der Waals surface area contributed by atoms with E-state index >= 15 is 0 Å². The number of carbonyl (C=O) groups is 2. The van der Waals surface area contributed by atoms with Crippen molar-refractivity contribution in [3.05, 3.63) is 59.4 Å². The third-order valence-corrected chi connectivity index (χ3v) is 5.09. The van der Waals surface area contributed by atoms with Crippen LogP contribution >= 0.6 is 0 Å². The Labute approximate surface area is 159 Å². The average Bonchev–Trinajstić information content (AvgIpc) is 3.51. The first-order chi connectivity index (χ1) is 13.1. The molecule has 0 bridgehead atoms. The molecule has 6 nitrogen and oxygen atoms in total. The fourth-order valence-corrected chi connectivity index (χ4v) is 3.35. The van der Waals surface area contributed by atoms with Gasteiger partial charge in [-0.15, -0.1) is 0 Å². The van der Waals surface area contributed by atoms with E-state index in [0.717, 1.165) is 25.9 Å². The molecule has 1 saturated heterocycles. The van der Waals surface area contributed by atoms with Crippen LogP contribution in [0.25, 0.3) is 0 Å². The summed E-state index contributed by atoms with van der Waals surface area (Å²) in [7, 11) is 0. The Kier molecular flexibility index (Phi) is 4.79. The van der Waals surface area contributed by atoms with Gasteiger partial charge in [-0.1, -0.05) is 12.1 Å². The van der Waals surface area contributed by atoms with Gasteiger partial charge in [-0.25, -0.2) is 0 Å². The van der Waals surface area contributed by atoms with Gasteiger partial charge in [-0.2, -0.15) is 0 Å². The first kappa shape index (κ1) is 17.5. The average molecular weight is 364 g/mol. The molecule has 1 aliphatic heterocycles. The molecular formula is C21H24N4O2. The fourth-order valence-electron chi connectivity index (χ4n) is 3.35. The molecule has 0 radical (unpaired) electrons. The number of piperazine rings is 1. The van der Waals surface area contributed by atoms with Crippen molar-refractivity contribution in [3.8, 4) is 0 Å². The normalized spacial score (nSPS) is 16.9. The van der Waals surface area contributed by atoms with Gasteiger partial charge in [-0.3, -0.25) is 14.6 Å². The molecule has 27 heavy (non-hydrogen) atoms. The minimum atomic E-state index is -0.198. The maximum atomic E-state index is 12.9. The van der Waals surface area contributed by atoms with E-state index in [1.165, 1.54) is 17.4 Å². The standard InChI is InChI=1S/C21H24N4O2/c1-15-3-2-4-18(13-15)24-9-11-25(12-10-24)21(27)16-7-8-22-19(14-16)20(26)23-17-5-6-17/h2-4,7-8,13-14,17H,5-6,9-12H2,1H3,(H,23,26). The highest BCUT2D eigenvalue weighted by Gasteiger charge is 2.26. The van der Waals surface area contributed by atoms with Crippen LogP contribution in [0.3, 0.4) is 0 Å². The molecule has 1 saturated carbocycles. The summed E-state index contributed by atoms with van der Waals surface area (Å²) in [4.78, 5) is 33.3. The van der Waals surface area contributed by atoms with Gasteiger partial charge in [0.15, 0.2) is 0 Å². The highest BCUT2D eigenvalue weighted by Crippen LogP contribution is 2.20. The SMILES string of the molecule is Cc1cccc(N2CCN(C(=O)c3ccnc(C(=O)NC4CC4)c3)CC2)c1. The number of nitrogens with one attached hydrogen (secondary N) is 1. The molecule has 2 aliphatic rings. The molecule has 0 spiro atoms. The van der Waals surface area contributed by atoms with Gasteiger partial charge in [0.25, 0.3) is 11.8 Å². The Hall–Kier alpha value is -2.89. The van der Waals surface area contributed by atoms with Crippen LogP contribution in [0.2, 0.25) is 0 Å². The molecule has 0 atom stereocenters. The molecule has 6 heteroatoms. The van der Waals surface area contributed by atoms with Gasteiger partial charge in [0.2, 0.25) is 0 Å². The van der Waals surface area contributed by atoms with Crippen LogP contribution in [0.15, 0.2) is 42.6 Å². The van der Waals surface area contributed by atoms with Crippen molar-refractivity contribution in [3.63, 3.8) is 0 Å². The number of hydrogen-bond donors (Lipinski definition) is 1. The lowest BCUT2D eigenvalue weighted by molar-refractivity contribution is 0.0746. The van der Waals surface area contributed by atoms with Crippen LogP contribution in [0.1, 0.15) is 39.3 Å². The van der Waals surface area contributed by atoms with Crippen molar-refractivity contribution in [2.75, 3.05) is 31.1 Å². The molecular weight excluding hydrogens is 340 g/mol. The van der Waals surface area contributed by atoms with E-state index < -0.39 is 0 Å². The number of anilines is 1. The van der Waals surface area contributed by atoms with E-state index in [4.69, 9.17) is 0 Å². The minimum Gasteiger partial charge on any atom is -0.368 e. The van der Waals surface area contributed by atoms with E-state index in [1.54, 1.807) is 12.1 Å². The molecule has 2 amide bonds. The van der Waals surface area contributed by atoms with Crippen LogP contribution in [-0.2, 0) is 0 Å². The van der Waals surface area contributed by atoms with Crippen LogP contribution in [0.4, 0.5) is 5.69 Å². The third kappa shape index (κ3) is 4.10. The monoisotopic (exact) mass is 364 g/mol. The zero-order chi connectivity index (χ0) is 18.8. The summed E-state index contributed by atoms with van der Waals surface area (Å²) in [5.41, 5.74) is 3.27. The maximum Gasteiger partial charge on any atom is 0.270 e. The highest BCUT2D eigenvalue weighted by atomic mass is 16.2. The van der Waals surface area contributed by atoms with Crippen molar-refractivity contribution in [1.29, 1.82) is 0 Å². The zero-order valence-corrected chi connectivity index (χ0v) is 15.5. The molecule has 2 aromatic rings. The Morgan fingerprint density at radius 3 is 2.56 bits per heavy atom. The van der Waals surface area contributed by atoms with Crippen molar-refractivity contribution in [2.24, 2.45) is 0 Å². The van der Waals surface area contributed by atoms with Crippen molar-refractivity contribution < 1.29 is 9.59 Å². The summed E-state index contributed by atoms with van der Waals surface area (Å²) in [6.07, 6.45) is 3.59. The summed E-state index contributed by atoms with van der Waals surface area (Å²) in [5.74, 6) is -0.238. The number of aromatic nitrogens is 1. The predicted octanol–water partition coefficient (Wildman–Crippen LogP) is 2.24. The third-order valence-electron chi connectivity index (χ3n) is 5.09. The minimum absolute atomic E-state index is 0.0400. The lowest BCUT2D eigenvalue weighted by atomic mass is 10.1. The summed E-state index contributed by atoms with van der Waals surface area (Å²) < 4.78 is 0. The molecule has 2 heterocycles. The van der Waals surface area contributed by atoms with Crippen molar-refractivity contribution >= 4 is 17.5 Å². The van der Waals surface area contributed by atoms with Gasteiger partial charge in [0, 0.05) is 49.7 Å². The van der Waals surface area contributed by atoms with Crippen molar-refractivity contribution in [2.45, 2.75) is 25.8 Å². The summed E-state index contributed by atoms with van der Waals surface area (Å²) in [5, 5.41) is 2.91. The predicted molar refractivity (Wildman–Crippen MR) is 104 cm³/mol. The fraction of sp³-hybridized carbons (Fsp3) is 0.381. The lowest BCUT2D eigenvalue weighted by Crippen LogP contribution is -2.48. The molecule has 4 rings (SSSR count). The quantitative estimate of drug-likeness (QED) is 0.904. The summed E-state index contributed by atoms with van der Waals surface area (Å²) in [6.45, 7) is 5.02. The van der Waals surface area contributed by atoms with Crippen molar-refractivity contribution in [1.82, 2.24) is 15.2 Å². The zero-order valence-electron chi connectivity index (χ0n) is 15.5. The highest BCUT2D eigenvalue weighted by molar-refractivity contribution is 5.98. The van der Waals surface area contributed by atoms with Crippen LogP contribution in [-0.4, -0.2) is 53.9 Å². The van der Waals surface area contributed by atoms with Crippen LogP contribution < -0.4 is 10.2 Å². The number of amides is 2. The molecule has 1 N–H and O–H groups in total. The Morgan fingerprint density at radius 1 is 1.07 bits per heavy atom.